The number of aliphatic hydroxyl groups excluding tert-OH is 1. The molecule has 0 aromatic carbocycles. The minimum atomic E-state index is -0.792. The van der Waals surface area contributed by atoms with Gasteiger partial charge in [-0.3, -0.25) is 0 Å². The molecule has 92 valence electrons. The Labute approximate surface area is 92.5 Å². The van der Waals surface area contributed by atoms with E-state index >= 15 is 0 Å². The quantitative estimate of drug-likeness (QED) is 0.505. The van der Waals surface area contributed by atoms with Crippen LogP contribution in [0.5, 0.6) is 0 Å². The van der Waals surface area contributed by atoms with Gasteiger partial charge in [0.2, 0.25) is 0 Å². The summed E-state index contributed by atoms with van der Waals surface area (Å²) in [4.78, 5) is 22.8. The van der Waals surface area contributed by atoms with Crippen LogP contribution in [0.15, 0.2) is 0 Å². The molecular weight excluding hydrogens is 218 g/mol. The van der Waals surface area contributed by atoms with E-state index in [1.165, 1.54) is 14.2 Å². The molecule has 1 saturated heterocycles. The summed E-state index contributed by atoms with van der Waals surface area (Å²) in [5.74, 6) is 0. The van der Waals surface area contributed by atoms with Crippen molar-refractivity contribution < 1.29 is 29.9 Å². The minimum absolute atomic E-state index is 0.0457. The Kier molecular flexibility index (Phi) is 3.91. The van der Waals surface area contributed by atoms with Gasteiger partial charge in [-0.1, -0.05) is 0 Å². The smallest absolute Gasteiger partial charge is 0.428 e. The van der Waals surface area contributed by atoms with Crippen LogP contribution in [0.2, 0.25) is 0 Å². The number of hydrazine groups is 1. The maximum atomic E-state index is 11.4. The average molecular weight is 234 g/mol. The number of carbonyl (C=O) groups is 2. The van der Waals surface area contributed by atoms with E-state index in [4.69, 9.17) is 0 Å². The Morgan fingerprint density at radius 2 is 1.62 bits per heavy atom. The molecule has 16 heavy (non-hydrogen) atoms. The maximum absolute atomic E-state index is 11.4. The molecule has 0 aliphatic carbocycles. The summed E-state index contributed by atoms with van der Waals surface area (Å²) in [6.45, 7) is 0.0544. The third kappa shape index (κ3) is 2.34. The van der Waals surface area contributed by atoms with Crippen molar-refractivity contribution in [2.45, 2.75) is 12.1 Å². The Morgan fingerprint density at radius 3 is 2.06 bits per heavy atom. The third-order valence-corrected chi connectivity index (χ3v) is 2.37. The summed E-state index contributed by atoms with van der Waals surface area (Å²) in [7, 11) is 2.40. The molecule has 0 aromatic rings. The average Bonchev–Trinajstić information content (AvgIpc) is 2.30. The van der Waals surface area contributed by atoms with Crippen molar-refractivity contribution in [1.29, 1.82) is 0 Å². The van der Waals surface area contributed by atoms with E-state index < -0.39 is 18.3 Å². The van der Waals surface area contributed by atoms with Gasteiger partial charge in [-0.2, -0.15) is 0 Å². The van der Waals surface area contributed by atoms with E-state index in [-0.39, 0.29) is 19.1 Å². The number of quaternary nitrogens is 1. The lowest BCUT2D eigenvalue weighted by Gasteiger charge is -2.39. The summed E-state index contributed by atoms with van der Waals surface area (Å²) in [5, 5.41) is 11.6. The SMILES string of the molecule is COC(=O)N1CC([NH3+])C(O)CN1C(=O)OC. The van der Waals surface area contributed by atoms with E-state index in [9.17, 15) is 14.7 Å². The van der Waals surface area contributed by atoms with Crippen LogP contribution in [0.3, 0.4) is 0 Å². The largest absolute Gasteiger partial charge is 0.452 e. The second kappa shape index (κ2) is 4.99. The summed E-state index contributed by atoms with van der Waals surface area (Å²) in [6, 6.07) is -0.375. The molecule has 8 nitrogen and oxygen atoms in total. The summed E-state index contributed by atoms with van der Waals surface area (Å²) >= 11 is 0. The molecule has 0 aromatic heterocycles. The lowest BCUT2D eigenvalue weighted by atomic mass is 10.1. The molecule has 4 N–H and O–H groups in total. The van der Waals surface area contributed by atoms with E-state index in [0.717, 1.165) is 10.0 Å². The standard InChI is InChI=1S/C8H15N3O5/c1-15-7(13)10-3-5(9)6(12)4-11(10)8(14)16-2/h5-6,12H,3-4,9H2,1-2H3/p+1. The Hall–Kier alpha value is -1.54. The van der Waals surface area contributed by atoms with Crippen molar-refractivity contribution in [1.82, 2.24) is 10.0 Å². The van der Waals surface area contributed by atoms with Crippen molar-refractivity contribution in [3.63, 3.8) is 0 Å². The fourth-order valence-electron chi connectivity index (χ4n) is 1.42. The molecular formula is C8H16N3O5+. The summed E-state index contributed by atoms with van der Waals surface area (Å²) in [6.07, 6.45) is -2.21. The molecule has 0 spiro atoms. The molecule has 8 heteroatoms. The van der Waals surface area contributed by atoms with Crippen LogP contribution < -0.4 is 5.73 Å². The van der Waals surface area contributed by atoms with Gasteiger partial charge in [0.05, 0.1) is 20.8 Å². The van der Waals surface area contributed by atoms with Crippen LogP contribution in [0.4, 0.5) is 9.59 Å². The number of β-amino-alcohol motifs (C(OH)–C–C–N with tert-alkyl or cyclic N) is 1. The van der Waals surface area contributed by atoms with Gasteiger partial charge in [0.1, 0.15) is 18.7 Å². The molecule has 2 unspecified atom stereocenters. The molecule has 1 heterocycles. The molecule has 0 bridgehead atoms. The first-order valence-electron chi connectivity index (χ1n) is 4.73. The Morgan fingerprint density at radius 1 is 1.19 bits per heavy atom. The lowest BCUT2D eigenvalue weighted by Crippen LogP contribution is -2.77. The van der Waals surface area contributed by atoms with Gasteiger partial charge >= 0.3 is 12.2 Å². The Bertz CT molecular complexity index is 257. The van der Waals surface area contributed by atoms with Crippen LogP contribution in [-0.4, -0.2) is 66.8 Å². The third-order valence-electron chi connectivity index (χ3n) is 2.37. The number of methoxy groups -OCH3 is 2. The Balaban J connectivity index is 2.83. The number of hydrogen-bond acceptors (Lipinski definition) is 5. The van der Waals surface area contributed by atoms with Crippen molar-refractivity contribution in [3.05, 3.63) is 0 Å². The van der Waals surface area contributed by atoms with Crippen LogP contribution >= 0.6 is 0 Å². The van der Waals surface area contributed by atoms with E-state index in [1.54, 1.807) is 0 Å². The van der Waals surface area contributed by atoms with Gasteiger partial charge in [-0.15, -0.1) is 0 Å². The first kappa shape index (κ1) is 12.5. The van der Waals surface area contributed by atoms with Gasteiger partial charge in [0, 0.05) is 0 Å². The number of hydrogen-bond donors (Lipinski definition) is 2. The highest BCUT2D eigenvalue weighted by Gasteiger charge is 2.39. The number of aliphatic hydroxyl groups is 1. The zero-order chi connectivity index (χ0) is 12.3. The zero-order valence-electron chi connectivity index (χ0n) is 9.25. The van der Waals surface area contributed by atoms with Gasteiger partial charge in [-0.05, 0) is 0 Å². The second-order valence-electron chi connectivity index (χ2n) is 3.43. The van der Waals surface area contributed by atoms with E-state index in [0.29, 0.717) is 0 Å². The number of ether oxygens (including phenoxy) is 2. The first-order valence-corrected chi connectivity index (χ1v) is 4.73. The van der Waals surface area contributed by atoms with Gasteiger partial charge < -0.3 is 20.3 Å². The van der Waals surface area contributed by atoms with Gasteiger partial charge in [-0.25, -0.2) is 19.6 Å². The molecule has 2 atom stereocenters. The molecule has 2 amide bonds. The highest BCUT2D eigenvalue weighted by molar-refractivity contribution is 5.74. The van der Waals surface area contributed by atoms with Crippen LogP contribution in [0, 0.1) is 0 Å². The van der Waals surface area contributed by atoms with E-state index in [1.807, 2.05) is 0 Å². The van der Waals surface area contributed by atoms with Crippen LogP contribution in [-0.2, 0) is 9.47 Å². The molecule has 1 aliphatic rings. The van der Waals surface area contributed by atoms with Crippen molar-refractivity contribution >= 4 is 12.2 Å². The van der Waals surface area contributed by atoms with Crippen LogP contribution in [0.25, 0.3) is 0 Å². The molecule has 1 rings (SSSR count). The first-order chi connectivity index (χ1) is 7.51. The molecule has 0 radical (unpaired) electrons. The predicted octanol–water partition coefficient (Wildman–Crippen LogP) is -1.98. The number of carbonyl (C=O) groups excluding carboxylic acids is 2. The lowest BCUT2D eigenvalue weighted by molar-refractivity contribution is -0.448. The number of rotatable bonds is 0. The zero-order valence-corrected chi connectivity index (χ0v) is 9.25. The molecule has 0 saturated carbocycles. The maximum Gasteiger partial charge on any atom is 0.428 e. The second-order valence-corrected chi connectivity index (χ2v) is 3.43. The van der Waals surface area contributed by atoms with Gasteiger partial charge in [0.25, 0.3) is 0 Å². The highest BCUT2D eigenvalue weighted by atomic mass is 16.6. The fourth-order valence-corrected chi connectivity index (χ4v) is 1.42. The summed E-state index contributed by atoms with van der Waals surface area (Å²) in [5.41, 5.74) is 3.69. The molecule has 1 fully saturated rings. The number of nitrogens with zero attached hydrogens (tertiary/aromatic N) is 2. The van der Waals surface area contributed by atoms with Gasteiger partial charge in [0.15, 0.2) is 0 Å². The predicted molar refractivity (Wildman–Crippen MR) is 50.9 cm³/mol. The summed E-state index contributed by atoms with van der Waals surface area (Å²) < 4.78 is 9.03. The van der Waals surface area contributed by atoms with Crippen molar-refractivity contribution in [2.24, 2.45) is 0 Å². The normalized spacial score (nSPS) is 25.2. The van der Waals surface area contributed by atoms with Crippen molar-refractivity contribution in [3.8, 4) is 0 Å². The van der Waals surface area contributed by atoms with Crippen LogP contribution in [0.1, 0.15) is 0 Å². The highest BCUT2D eigenvalue weighted by Crippen LogP contribution is 2.12. The topological polar surface area (TPSA) is 107 Å². The number of amides is 2. The van der Waals surface area contributed by atoms with E-state index in [2.05, 4.69) is 15.2 Å². The monoisotopic (exact) mass is 234 g/mol. The van der Waals surface area contributed by atoms with Crippen molar-refractivity contribution in [2.75, 3.05) is 27.3 Å². The minimum Gasteiger partial charge on any atom is -0.452 e. The fraction of sp³-hybridized carbons (Fsp3) is 0.750. The molecule has 1 aliphatic heterocycles.